The Morgan fingerprint density at radius 2 is 1.68 bits per heavy atom. The number of nitrogens with one attached hydrogen (secondary N) is 3. The zero-order chi connectivity index (χ0) is 24.2. The van der Waals surface area contributed by atoms with Crippen LogP contribution in [0, 0.1) is 0 Å². The summed E-state index contributed by atoms with van der Waals surface area (Å²) in [6.45, 7) is 2.34. The number of nitrogens with zero attached hydrogens (tertiary/aromatic N) is 5. The van der Waals surface area contributed by atoms with Gasteiger partial charge in [-0.05, 0) is 41.9 Å². The van der Waals surface area contributed by atoms with Gasteiger partial charge in [-0.15, -0.1) is 0 Å². The third-order valence-electron chi connectivity index (χ3n) is 4.59. The minimum absolute atomic E-state index is 0. The summed E-state index contributed by atoms with van der Waals surface area (Å²) in [5.74, 6) is -0.0447. The first-order chi connectivity index (χ1) is 15.8. The van der Waals surface area contributed by atoms with Gasteiger partial charge in [-0.2, -0.15) is 10.2 Å². The Labute approximate surface area is 224 Å². The molecule has 0 unspecified atom stereocenters. The van der Waals surface area contributed by atoms with E-state index in [1.165, 1.54) is 0 Å². The molecule has 0 fully saturated rings. The number of hydrazone groups is 2. The monoisotopic (exact) mass is 548 g/mol. The molecule has 12 heteroatoms. The van der Waals surface area contributed by atoms with E-state index in [0.29, 0.717) is 30.8 Å². The second-order valence-electron chi connectivity index (χ2n) is 7.05. The van der Waals surface area contributed by atoms with E-state index in [4.69, 9.17) is 25.3 Å². The minimum Gasteiger partial charge on any atom is -0.741 e. The average molecular weight is 550 g/mol. The van der Waals surface area contributed by atoms with Crippen LogP contribution in [0.1, 0.15) is 24.5 Å². The van der Waals surface area contributed by atoms with Crippen molar-refractivity contribution in [3.8, 4) is 0 Å². The Morgan fingerprint density at radius 3 is 2.26 bits per heavy atom. The topological polar surface area (TPSA) is 106 Å². The maximum absolute atomic E-state index is 12.3. The van der Waals surface area contributed by atoms with E-state index in [9.17, 15) is 4.79 Å². The van der Waals surface area contributed by atoms with E-state index < -0.39 is 0 Å². The number of hydrogen-bond donors (Lipinski definition) is 3. The van der Waals surface area contributed by atoms with Gasteiger partial charge in [0.1, 0.15) is 5.71 Å². The van der Waals surface area contributed by atoms with Crippen molar-refractivity contribution in [1.82, 2.24) is 21.1 Å². The van der Waals surface area contributed by atoms with Crippen LogP contribution in [0.5, 0.6) is 0 Å². The standard InChI is InChI=1S/C22H30N8OS2.Zn/c1-15(26-28-21(32)23-2)19(27-29-22(33)24-3)17-9-7-16(8-10-17)11-12-25-20(31)18-6-5-13-30(4)14-18;/h5,7-10,13-14H,6,11-12H2,1-4H3,(H,25,31)(H2,23,28,32)(H2,24,29,33);/q;+2/p-2/b26-15-,27-19+;. The Morgan fingerprint density at radius 1 is 1.06 bits per heavy atom. The van der Waals surface area contributed by atoms with Crippen LogP contribution in [0.3, 0.4) is 0 Å². The van der Waals surface area contributed by atoms with E-state index in [0.717, 1.165) is 16.7 Å². The number of carbonyl (C=O) groups excluding carboxylic acids is 1. The molecule has 0 saturated carbocycles. The van der Waals surface area contributed by atoms with Gasteiger partial charge in [0.05, 0.1) is 5.71 Å². The molecule has 1 amide bonds. The molecular weight excluding hydrogens is 522 g/mol. The summed E-state index contributed by atoms with van der Waals surface area (Å²) >= 11 is 10.1. The number of benzene rings is 1. The normalized spacial score (nSPS) is 14.8. The van der Waals surface area contributed by atoms with E-state index in [1.807, 2.05) is 54.7 Å². The van der Waals surface area contributed by atoms with Gasteiger partial charge < -0.3 is 35.5 Å². The fourth-order valence-electron chi connectivity index (χ4n) is 2.84. The fraction of sp³-hybridized carbons (Fsp3) is 0.318. The van der Waals surface area contributed by atoms with Crippen molar-refractivity contribution in [2.24, 2.45) is 20.2 Å². The summed E-state index contributed by atoms with van der Waals surface area (Å²) in [5.41, 5.74) is 9.27. The van der Waals surface area contributed by atoms with Crippen LogP contribution in [-0.2, 0) is 56.0 Å². The summed E-state index contributed by atoms with van der Waals surface area (Å²) < 4.78 is 0. The molecule has 1 heterocycles. The van der Waals surface area contributed by atoms with Gasteiger partial charge >= 0.3 is 19.5 Å². The fourth-order valence-corrected chi connectivity index (χ4v) is 2.94. The number of aliphatic imine (C=N–C) groups is 2. The molecule has 1 aromatic carbocycles. The smallest absolute Gasteiger partial charge is 0.741 e. The molecule has 0 atom stereocenters. The number of allylic oxidation sites excluding steroid dienone is 1. The third-order valence-corrected chi connectivity index (χ3v) is 5.14. The molecular formula is C22H28N8OS2Zn. The van der Waals surface area contributed by atoms with Gasteiger partial charge in [0, 0.05) is 45.0 Å². The van der Waals surface area contributed by atoms with Gasteiger partial charge in [0.25, 0.3) is 0 Å². The molecule has 0 aromatic heterocycles. The average Bonchev–Trinajstić information content (AvgIpc) is 2.83. The second-order valence-corrected chi connectivity index (χ2v) is 7.82. The molecule has 0 radical (unpaired) electrons. The Balaban J connectivity index is 0.00000578. The molecule has 1 aliphatic heterocycles. The molecule has 9 nitrogen and oxygen atoms in total. The second kappa shape index (κ2) is 15.3. The van der Waals surface area contributed by atoms with E-state index in [1.54, 1.807) is 21.0 Å². The molecule has 0 aliphatic carbocycles. The molecule has 1 aliphatic rings. The van der Waals surface area contributed by atoms with Gasteiger partial charge in [-0.25, -0.2) is 0 Å². The van der Waals surface area contributed by atoms with Crippen molar-refractivity contribution in [3.63, 3.8) is 0 Å². The van der Waals surface area contributed by atoms with Crippen molar-refractivity contribution >= 4 is 52.9 Å². The van der Waals surface area contributed by atoms with Crippen molar-refractivity contribution in [3.05, 3.63) is 59.4 Å². The molecule has 0 bridgehead atoms. The molecule has 1 aromatic rings. The Kier molecular flexibility index (Phi) is 13.2. The van der Waals surface area contributed by atoms with Crippen molar-refractivity contribution in [1.29, 1.82) is 0 Å². The number of amides is 1. The molecule has 34 heavy (non-hydrogen) atoms. The predicted molar refractivity (Wildman–Crippen MR) is 140 cm³/mol. The van der Waals surface area contributed by atoms with Gasteiger partial charge in [-0.1, -0.05) is 30.3 Å². The Hall–Kier alpha value is -2.69. The summed E-state index contributed by atoms with van der Waals surface area (Å²) in [6.07, 6.45) is 7.09. The first kappa shape index (κ1) is 29.3. The van der Waals surface area contributed by atoms with Crippen LogP contribution < -0.4 is 16.2 Å². The van der Waals surface area contributed by atoms with Crippen LogP contribution in [0.4, 0.5) is 0 Å². The van der Waals surface area contributed by atoms with Gasteiger partial charge in [0.2, 0.25) is 5.91 Å². The summed E-state index contributed by atoms with van der Waals surface area (Å²) in [4.78, 5) is 21.9. The zero-order valence-electron chi connectivity index (χ0n) is 19.8. The zero-order valence-corrected chi connectivity index (χ0v) is 24.4. The molecule has 176 valence electrons. The van der Waals surface area contributed by atoms with Crippen LogP contribution in [-0.4, -0.2) is 60.3 Å². The van der Waals surface area contributed by atoms with Gasteiger partial charge in [-0.3, -0.25) is 25.6 Å². The third kappa shape index (κ3) is 9.66. The van der Waals surface area contributed by atoms with E-state index in [2.05, 4.69) is 36.4 Å². The van der Waals surface area contributed by atoms with Crippen molar-refractivity contribution < 1.29 is 24.3 Å². The maximum Gasteiger partial charge on any atom is 2.00 e. The molecule has 2 rings (SSSR count). The molecule has 0 saturated heterocycles. The quantitative estimate of drug-likeness (QED) is 0.149. The number of amidine groups is 2. The largest absolute Gasteiger partial charge is 2.00 e. The summed E-state index contributed by atoms with van der Waals surface area (Å²) in [5, 5.41) is 12.1. The SMILES string of the molecule is CN=C([S-])N/N=C(C)\C(=N/NC([S-])=NC)c1ccc(CCNC(=O)C2=CN(C)C=CC2)cc1.[Zn+2]. The van der Waals surface area contributed by atoms with Gasteiger partial charge in [0.15, 0.2) is 0 Å². The summed E-state index contributed by atoms with van der Waals surface area (Å²) in [7, 11) is 5.07. The minimum atomic E-state index is -0.0447. The number of rotatable bonds is 8. The van der Waals surface area contributed by atoms with Crippen molar-refractivity contribution in [2.45, 2.75) is 19.8 Å². The molecule has 0 spiro atoms. The van der Waals surface area contributed by atoms with E-state index >= 15 is 0 Å². The first-order valence-electron chi connectivity index (χ1n) is 10.2. The number of hydrogen-bond acceptors (Lipinski definition) is 8. The summed E-state index contributed by atoms with van der Waals surface area (Å²) in [6, 6.07) is 7.86. The predicted octanol–water partition coefficient (Wildman–Crippen LogP) is 1.40. The molecule has 3 N–H and O–H groups in total. The first-order valence-corrected chi connectivity index (χ1v) is 11.0. The van der Waals surface area contributed by atoms with E-state index in [-0.39, 0.29) is 35.7 Å². The van der Waals surface area contributed by atoms with Crippen LogP contribution >= 0.6 is 0 Å². The van der Waals surface area contributed by atoms with Crippen LogP contribution in [0.2, 0.25) is 0 Å². The van der Waals surface area contributed by atoms with Crippen LogP contribution in [0.25, 0.3) is 0 Å². The number of carbonyl (C=O) groups is 1. The Bertz CT molecular complexity index is 1020. The van der Waals surface area contributed by atoms with Crippen LogP contribution in [0.15, 0.2) is 68.5 Å². The van der Waals surface area contributed by atoms with Crippen molar-refractivity contribution in [2.75, 3.05) is 27.7 Å². The maximum atomic E-state index is 12.3.